The maximum absolute atomic E-state index is 3.99. The van der Waals surface area contributed by atoms with Crippen LogP contribution in [0.25, 0.3) is 0 Å². The molecule has 0 aromatic heterocycles. The lowest BCUT2D eigenvalue weighted by Gasteiger charge is -2.54. The topological polar surface area (TPSA) is 0 Å². The monoisotopic (exact) mass is 1020 g/mol. The molecular formula is C18H12Br10. The lowest BCUT2D eigenvalue weighted by molar-refractivity contribution is 0.566. The van der Waals surface area contributed by atoms with E-state index in [1.807, 2.05) is 48.5 Å². The van der Waals surface area contributed by atoms with Gasteiger partial charge in [-0.2, -0.15) is 0 Å². The molecular weight excluding hydrogens is 1020 g/mol. The maximum Gasteiger partial charge on any atom is 0.137 e. The third kappa shape index (κ3) is 4.73. The van der Waals surface area contributed by atoms with Crippen LogP contribution in [0.5, 0.6) is 0 Å². The average Bonchev–Trinajstić information content (AvgIpc) is 2.68. The van der Waals surface area contributed by atoms with Crippen molar-refractivity contribution in [3.63, 3.8) is 0 Å². The van der Waals surface area contributed by atoms with Crippen molar-refractivity contribution in [3.05, 3.63) is 71.8 Å². The van der Waals surface area contributed by atoms with Gasteiger partial charge in [0.2, 0.25) is 0 Å². The van der Waals surface area contributed by atoms with Crippen molar-refractivity contribution >= 4 is 159 Å². The van der Waals surface area contributed by atoms with E-state index in [-0.39, 0.29) is 0 Å². The summed E-state index contributed by atoms with van der Waals surface area (Å²) in [6.45, 7) is 0. The van der Waals surface area contributed by atoms with Crippen molar-refractivity contribution in [2.45, 2.75) is 17.3 Å². The summed E-state index contributed by atoms with van der Waals surface area (Å²) >= 11 is 39.1. The molecule has 2 aromatic carbocycles. The summed E-state index contributed by atoms with van der Waals surface area (Å²) in [6, 6.07) is 20.3. The highest BCUT2D eigenvalue weighted by molar-refractivity contribution is 9.34. The van der Waals surface area contributed by atoms with Gasteiger partial charge in [0.25, 0.3) is 0 Å². The first-order valence-corrected chi connectivity index (χ1v) is 15.9. The van der Waals surface area contributed by atoms with E-state index in [9.17, 15) is 0 Å². The highest BCUT2D eigenvalue weighted by Gasteiger charge is 2.70. The molecule has 0 radical (unpaired) electrons. The molecule has 1 atom stereocenters. The standard InChI is InChI=1S/C18H12Br10/c19-11-14(20,12-7-3-1-4-8-12)16(23,24)18(27,28)17(25,26)15(21,22)13-9-5-2-6-10-13/h1-10H,11H2. The van der Waals surface area contributed by atoms with Crippen LogP contribution in [0, 0.1) is 0 Å². The van der Waals surface area contributed by atoms with Crippen LogP contribution in [0.3, 0.4) is 0 Å². The molecule has 0 N–H and O–H groups in total. The van der Waals surface area contributed by atoms with Crippen molar-refractivity contribution in [1.82, 2.24) is 0 Å². The van der Waals surface area contributed by atoms with Gasteiger partial charge in [0.1, 0.15) is 12.9 Å². The number of rotatable bonds is 7. The second kappa shape index (κ2) is 10.2. The lowest BCUT2D eigenvalue weighted by atomic mass is 9.93. The minimum absolute atomic E-state index is 0.548. The lowest BCUT2D eigenvalue weighted by Crippen LogP contribution is -2.61. The molecule has 0 nitrogen and oxygen atoms in total. The molecule has 0 fully saturated rings. The van der Waals surface area contributed by atoms with Crippen LogP contribution in [0.15, 0.2) is 60.7 Å². The zero-order chi connectivity index (χ0) is 21.4. The molecule has 28 heavy (non-hydrogen) atoms. The molecule has 0 bridgehead atoms. The zero-order valence-electron chi connectivity index (χ0n) is 13.8. The van der Waals surface area contributed by atoms with E-state index in [2.05, 4.69) is 171 Å². The summed E-state index contributed by atoms with van der Waals surface area (Å²) in [7, 11) is 0. The number of hydrogen-bond donors (Lipinski definition) is 0. The normalized spacial score (nSPS) is 15.9. The molecule has 1 unspecified atom stereocenters. The molecule has 2 aromatic rings. The van der Waals surface area contributed by atoms with Gasteiger partial charge in [-0.05, 0) is 11.1 Å². The summed E-state index contributed by atoms with van der Waals surface area (Å²) in [5.41, 5.74) is 2.12. The number of alkyl halides is 10. The fourth-order valence-corrected chi connectivity index (χ4v) is 12.0. The summed E-state index contributed by atoms with van der Waals surface area (Å²) < 4.78 is -3.58. The molecule has 0 spiro atoms. The highest BCUT2D eigenvalue weighted by atomic mass is 79.9. The van der Waals surface area contributed by atoms with Crippen LogP contribution >= 0.6 is 159 Å². The van der Waals surface area contributed by atoms with Gasteiger partial charge in [0.15, 0.2) is 0 Å². The third-order valence-corrected chi connectivity index (χ3v) is 24.0. The van der Waals surface area contributed by atoms with Gasteiger partial charge >= 0.3 is 0 Å². The Morgan fingerprint density at radius 2 is 0.893 bits per heavy atom. The molecule has 2 rings (SSSR count). The second-order valence-electron chi connectivity index (χ2n) is 5.96. The first-order chi connectivity index (χ1) is 12.8. The minimum atomic E-state index is -0.810. The molecule has 0 aliphatic rings. The smallest absolute Gasteiger partial charge is 0.0908 e. The van der Waals surface area contributed by atoms with Crippen LogP contribution in [0.2, 0.25) is 0 Å². The summed E-state index contributed by atoms with van der Waals surface area (Å²) in [5.74, 6) is 0. The van der Waals surface area contributed by atoms with Gasteiger partial charge in [-0.3, -0.25) is 0 Å². The SMILES string of the molecule is BrCC(Br)(c1ccccc1)C(Br)(Br)C(Br)(Br)C(Br)(Br)C(Br)(Br)c1ccccc1. The average molecular weight is 1030 g/mol. The zero-order valence-corrected chi connectivity index (χ0v) is 29.6. The molecule has 0 saturated heterocycles. The van der Waals surface area contributed by atoms with E-state index in [1.54, 1.807) is 0 Å². The fourth-order valence-electron chi connectivity index (χ4n) is 2.52. The van der Waals surface area contributed by atoms with Gasteiger partial charge in [0, 0.05) is 5.33 Å². The molecule has 0 amide bonds. The summed E-state index contributed by atoms with van der Waals surface area (Å²) in [4.78, 5) is 0. The Morgan fingerprint density at radius 1 is 0.500 bits per heavy atom. The van der Waals surface area contributed by atoms with Crippen LogP contribution < -0.4 is 0 Å². The molecule has 0 aliphatic carbocycles. The van der Waals surface area contributed by atoms with Crippen LogP contribution in [-0.4, -0.2) is 15.0 Å². The van der Waals surface area contributed by atoms with Crippen LogP contribution in [-0.2, 0) is 7.56 Å². The van der Waals surface area contributed by atoms with Crippen molar-refractivity contribution in [2.75, 3.05) is 5.33 Å². The molecule has 0 saturated carbocycles. The van der Waals surface area contributed by atoms with Crippen molar-refractivity contribution < 1.29 is 0 Å². The number of hydrogen-bond acceptors (Lipinski definition) is 0. The Balaban J connectivity index is 2.62. The van der Waals surface area contributed by atoms with Gasteiger partial charge in [0.05, 0.1) is 4.32 Å². The van der Waals surface area contributed by atoms with Gasteiger partial charge < -0.3 is 0 Å². The van der Waals surface area contributed by atoms with E-state index in [1.165, 1.54) is 0 Å². The van der Waals surface area contributed by atoms with E-state index < -0.39 is 17.3 Å². The van der Waals surface area contributed by atoms with E-state index in [0.717, 1.165) is 11.1 Å². The van der Waals surface area contributed by atoms with E-state index in [0.29, 0.717) is 5.33 Å². The van der Waals surface area contributed by atoms with Gasteiger partial charge in [-0.1, -0.05) is 220 Å². The Labute approximate surface area is 249 Å². The predicted octanol–water partition coefficient (Wildman–Crippen LogP) is 10.8. The minimum Gasteiger partial charge on any atom is -0.0908 e. The molecule has 10 heteroatoms. The largest absolute Gasteiger partial charge is 0.137 e. The molecule has 0 aliphatic heterocycles. The third-order valence-electron chi connectivity index (χ3n) is 4.23. The Hall–Kier alpha value is 3.24. The maximum atomic E-state index is 3.99. The molecule has 0 heterocycles. The number of halogens is 10. The first-order valence-electron chi connectivity index (χ1n) is 7.64. The molecule has 154 valence electrons. The predicted molar refractivity (Wildman–Crippen MR) is 159 cm³/mol. The van der Waals surface area contributed by atoms with Gasteiger partial charge in [-0.25, -0.2) is 0 Å². The summed E-state index contributed by atoms with van der Waals surface area (Å²) in [5, 5.41) is 0.623. The first kappa shape index (κ1) is 27.5. The number of benzene rings is 2. The Bertz CT molecular complexity index is 789. The van der Waals surface area contributed by atoms with Crippen molar-refractivity contribution in [2.24, 2.45) is 0 Å². The Morgan fingerprint density at radius 3 is 1.29 bits per heavy atom. The van der Waals surface area contributed by atoms with Gasteiger partial charge in [-0.15, -0.1) is 0 Å². The second-order valence-corrected chi connectivity index (χ2v) is 21.7. The summed E-state index contributed by atoms with van der Waals surface area (Å²) in [6.07, 6.45) is 0. The Kier molecular flexibility index (Phi) is 10.1. The van der Waals surface area contributed by atoms with Crippen molar-refractivity contribution in [1.29, 1.82) is 0 Å². The fraction of sp³-hybridized carbons (Fsp3) is 0.333. The van der Waals surface area contributed by atoms with E-state index in [4.69, 9.17) is 0 Å². The quantitative estimate of drug-likeness (QED) is 0.243. The van der Waals surface area contributed by atoms with E-state index >= 15 is 0 Å². The van der Waals surface area contributed by atoms with Crippen LogP contribution in [0.4, 0.5) is 0 Å². The van der Waals surface area contributed by atoms with Crippen LogP contribution in [0.1, 0.15) is 11.1 Å². The van der Waals surface area contributed by atoms with Crippen molar-refractivity contribution in [3.8, 4) is 0 Å². The highest BCUT2D eigenvalue weighted by Crippen LogP contribution is 2.73.